The highest BCUT2D eigenvalue weighted by atomic mass is 16.5. The monoisotopic (exact) mass is 408 g/mol. The number of rotatable bonds is 6. The molecule has 7 nitrogen and oxygen atoms in total. The van der Waals surface area contributed by atoms with Gasteiger partial charge in [-0.25, -0.2) is 5.43 Å². The molecule has 5 aromatic rings. The number of anilines is 1. The molecule has 0 atom stereocenters. The van der Waals surface area contributed by atoms with Crippen molar-refractivity contribution in [3.05, 3.63) is 89.5 Å². The molecular weight excluding hydrogens is 388 g/mol. The average molecular weight is 408 g/mol. The number of aryl methyl sites for hydroxylation is 1. The second-order valence-corrected chi connectivity index (χ2v) is 7.22. The molecule has 7 heteroatoms. The van der Waals surface area contributed by atoms with Gasteiger partial charge >= 0.3 is 0 Å². The van der Waals surface area contributed by atoms with Gasteiger partial charge in [-0.15, -0.1) is 10.2 Å². The van der Waals surface area contributed by atoms with Crippen molar-refractivity contribution in [2.45, 2.75) is 13.5 Å². The molecule has 31 heavy (non-hydrogen) atoms. The second kappa shape index (κ2) is 8.23. The molecule has 0 aliphatic heterocycles. The Labute approximate surface area is 178 Å². The highest BCUT2D eigenvalue weighted by Gasteiger charge is 2.08. The molecule has 2 N–H and O–H groups in total. The molecular formula is C24H20N6O. The summed E-state index contributed by atoms with van der Waals surface area (Å²) >= 11 is 0. The summed E-state index contributed by atoms with van der Waals surface area (Å²) in [6.07, 6.45) is 1.69. The van der Waals surface area contributed by atoms with Crippen LogP contribution in [0, 0.1) is 6.92 Å². The zero-order valence-corrected chi connectivity index (χ0v) is 16.9. The van der Waals surface area contributed by atoms with E-state index in [2.05, 4.69) is 36.8 Å². The smallest absolute Gasteiger partial charge is 0.265 e. The fourth-order valence-corrected chi connectivity index (χ4v) is 3.32. The molecule has 0 bridgehead atoms. The van der Waals surface area contributed by atoms with E-state index in [1.807, 2.05) is 73.7 Å². The summed E-state index contributed by atoms with van der Waals surface area (Å²) in [7, 11) is 0. The Morgan fingerprint density at radius 3 is 2.81 bits per heavy atom. The van der Waals surface area contributed by atoms with Gasteiger partial charge < -0.3 is 9.72 Å². The Morgan fingerprint density at radius 2 is 1.90 bits per heavy atom. The molecule has 0 radical (unpaired) electrons. The van der Waals surface area contributed by atoms with Gasteiger partial charge in [-0.2, -0.15) is 10.1 Å². The van der Waals surface area contributed by atoms with E-state index in [4.69, 9.17) is 4.74 Å². The Balaban J connectivity index is 1.27. The van der Waals surface area contributed by atoms with Crippen molar-refractivity contribution >= 4 is 34.2 Å². The summed E-state index contributed by atoms with van der Waals surface area (Å²) in [5.41, 5.74) is 8.42. The van der Waals surface area contributed by atoms with Gasteiger partial charge in [-0.05, 0) is 42.3 Å². The van der Waals surface area contributed by atoms with Crippen molar-refractivity contribution in [1.82, 2.24) is 20.2 Å². The van der Waals surface area contributed by atoms with Gasteiger partial charge in [0, 0.05) is 10.9 Å². The van der Waals surface area contributed by atoms with E-state index >= 15 is 0 Å². The van der Waals surface area contributed by atoms with Gasteiger partial charge in [0.1, 0.15) is 17.9 Å². The largest absolute Gasteiger partial charge is 0.489 e. The molecule has 0 aliphatic rings. The summed E-state index contributed by atoms with van der Waals surface area (Å²) < 4.78 is 5.86. The first-order chi connectivity index (χ1) is 15.2. The number of aromatic nitrogens is 4. The van der Waals surface area contributed by atoms with Gasteiger partial charge in [-0.3, -0.25) is 0 Å². The van der Waals surface area contributed by atoms with Crippen molar-refractivity contribution in [1.29, 1.82) is 0 Å². The summed E-state index contributed by atoms with van der Waals surface area (Å²) in [4.78, 5) is 7.74. The number of nitrogens with zero attached hydrogens (tertiary/aromatic N) is 4. The SMILES string of the molecule is Cc1ccc2[nH]c3nc(N/N=C/c4cccc(OCc5ccccc5)c4)nnc3c2c1. The predicted octanol–water partition coefficient (Wildman–Crippen LogP) is 4.84. The first kappa shape index (κ1) is 18.7. The van der Waals surface area contributed by atoms with Gasteiger partial charge in [-0.1, -0.05) is 54.1 Å². The van der Waals surface area contributed by atoms with Gasteiger partial charge in [0.2, 0.25) is 0 Å². The standard InChI is InChI=1S/C24H20N6O/c1-16-10-11-21-20(12-16)22-23(26-21)27-24(30-28-22)29-25-14-18-8-5-9-19(13-18)31-15-17-6-3-2-4-7-17/h2-14H,15H2,1H3,(H2,26,27,29,30)/b25-14+. The van der Waals surface area contributed by atoms with Gasteiger partial charge in [0.15, 0.2) is 5.65 Å². The zero-order chi connectivity index (χ0) is 21.0. The van der Waals surface area contributed by atoms with Crippen molar-refractivity contribution < 1.29 is 4.74 Å². The van der Waals surface area contributed by atoms with E-state index in [1.54, 1.807) is 6.21 Å². The Kier molecular flexibility index (Phi) is 4.98. The minimum Gasteiger partial charge on any atom is -0.489 e. The molecule has 152 valence electrons. The van der Waals surface area contributed by atoms with E-state index in [0.717, 1.165) is 38.9 Å². The van der Waals surface area contributed by atoms with Crippen LogP contribution in [0.5, 0.6) is 5.75 Å². The van der Waals surface area contributed by atoms with Crippen molar-refractivity contribution in [2.24, 2.45) is 5.10 Å². The topological polar surface area (TPSA) is 88.1 Å². The summed E-state index contributed by atoms with van der Waals surface area (Å²) in [5, 5.41) is 13.7. The number of hydrogen-bond acceptors (Lipinski definition) is 6. The number of benzene rings is 3. The van der Waals surface area contributed by atoms with Crippen LogP contribution in [0.2, 0.25) is 0 Å². The third-order valence-corrected chi connectivity index (χ3v) is 4.85. The lowest BCUT2D eigenvalue weighted by atomic mass is 10.2. The van der Waals surface area contributed by atoms with Gasteiger partial charge in [0.25, 0.3) is 5.95 Å². The molecule has 0 saturated heterocycles. The lowest BCUT2D eigenvalue weighted by Gasteiger charge is -2.06. The van der Waals surface area contributed by atoms with Crippen molar-refractivity contribution in [3.63, 3.8) is 0 Å². The van der Waals surface area contributed by atoms with Crippen LogP contribution in [0.25, 0.3) is 22.1 Å². The number of hydrogen-bond donors (Lipinski definition) is 2. The Morgan fingerprint density at radius 1 is 1.00 bits per heavy atom. The number of fused-ring (bicyclic) bond motifs is 3. The maximum Gasteiger partial charge on any atom is 0.265 e. The number of ether oxygens (including phenoxy) is 1. The number of hydrazone groups is 1. The molecule has 2 aromatic heterocycles. The predicted molar refractivity (Wildman–Crippen MR) is 122 cm³/mol. The summed E-state index contributed by atoms with van der Waals surface area (Å²) in [6.45, 7) is 2.56. The van der Waals surface area contributed by atoms with E-state index in [9.17, 15) is 0 Å². The van der Waals surface area contributed by atoms with E-state index < -0.39 is 0 Å². The first-order valence-electron chi connectivity index (χ1n) is 9.93. The summed E-state index contributed by atoms with van der Waals surface area (Å²) in [5.74, 6) is 1.10. The number of H-pyrrole nitrogens is 1. The van der Waals surface area contributed by atoms with Crippen LogP contribution >= 0.6 is 0 Å². The maximum atomic E-state index is 5.86. The second-order valence-electron chi connectivity index (χ2n) is 7.22. The maximum absolute atomic E-state index is 5.86. The van der Waals surface area contributed by atoms with Crippen LogP contribution < -0.4 is 10.2 Å². The molecule has 3 aromatic carbocycles. The lowest BCUT2D eigenvalue weighted by Crippen LogP contribution is -1.99. The third-order valence-electron chi connectivity index (χ3n) is 4.85. The first-order valence-corrected chi connectivity index (χ1v) is 9.93. The van der Waals surface area contributed by atoms with Crippen LogP contribution in [0.15, 0.2) is 77.9 Å². The van der Waals surface area contributed by atoms with Crippen molar-refractivity contribution in [2.75, 3.05) is 5.43 Å². The van der Waals surface area contributed by atoms with Crippen LogP contribution in [0.3, 0.4) is 0 Å². The Bertz CT molecular complexity index is 1380. The normalized spacial score (nSPS) is 11.4. The van der Waals surface area contributed by atoms with E-state index in [0.29, 0.717) is 18.2 Å². The molecule has 0 spiro atoms. The molecule has 2 heterocycles. The minimum atomic E-state index is 0.323. The van der Waals surface area contributed by atoms with Crippen LogP contribution in [-0.4, -0.2) is 26.4 Å². The highest BCUT2D eigenvalue weighted by Crippen LogP contribution is 2.23. The van der Waals surface area contributed by atoms with Crippen LogP contribution in [0.4, 0.5) is 5.95 Å². The van der Waals surface area contributed by atoms with Crippen molar-refractivity contribution in [3.8, 4) is 5.75 Å². The molecule has 0 saturated carbocycles. The minimum absolute atomic E-state index is 0.323. The average Bonchev–Trinajstić information content (AvgIpc) is 3.16. The van der Waals surface area contributed by atoms with Gasteiger partial charge in [0.05, 0.1) is 6.21 Å². The van der Waals surface area contributed by atoms with Crippen LogP contribution in [0.1, 0.15) is 16.7 Å². The van der Waals surface area contributed by atoms with Crippen LogP contribution in [-0.2, 0) is 6.61 Å². The Hall–Kier alpha value is -4.26. The molecule has 0 unspecified atom stereocenters. The molecule has 0 aliphatic carbocycles. The zero-order valence-electron chi connectivity index (χ0n) is 16.9. The fraction of sp³-hybridized carbons (Fsp3) is 0.0833. The quantitative estimate of drug-likeness (QED) is 0.310. The van der Waals surface area contributed by atoms with E-state index in [-0.39, 0.29) is 0 Å². The van der Waals surface area contributed by atoms with E-state index in [1.165, 1.54) is 0 Å². The lowest BCUT2D eigenvalue weighted by molar-refractivity contribution is 0.306. The molecule has 5 rings (SSSR count). The summed E-state index contributed by atoms with van der Waals surface area (Å²) in [6, 6.07) is 23.9. The number of nitrogens with one attached hydrogen (secondary N) is 2. The third kappa shape index (κ3) is 4.20. The highest BCUT2D eigenvalue weighted by molar-refractivity contribution is 6.03. The molecule has 0 fully saturated rings. The molecule has 0 amide bonds. The number of aromatic amines is 1. The fourth-order valence-electron chi connectivity index (χ4n) is 3.32.